The SMILES string of the molecule is P[CH2][Ge][CH2]P. The van der Waals surface area contributed by atoms with E-state index in [0.29, 0.717) is 15.4 Å². The third kappa shape index (κ3) is 5.40. The zero-order chi connectivity index (χ0) is 4.12. The topological polar surface area (TPSA) is 0 Å². The van der Waals surface area contributed by atoms with E-state index in [-0.39, 0.29) is 0 Å². The monoisotopic (exact) mass is 168 g/mol. The van der Waals surface area contributed by atoms with Crippen molar-refractivity contribution in [1.82, 2.24) is 0 Å². The molecule has 2 atom stereocenters. The second-order valence-corrected chi connectivity index (χ2v) is 7.66. The molecule has 2 radical (unpaired) electrons. The molecule has 0 amide bonds. The Bertz CT molecular complexity index is 15.1. The average molecular weight is 167 g/mol. The Morgan fingerprint density at radius 3 is 1.60 bits per heavy atom. The summed E-state index contributed by atoms with van der Waals surface area (Å²) in [4.78, 5) is 2.73. The van der Waals surface area contributed by atoms with Gasteiger partial charge in [-0.15, -0.1) is 0 Å². The van der Waals surface area contributed by atoms with E-state index < -0.39 is 0 Å². The minimum absolute atomic E-state index is 0.454. The Morgan fingerprint density at radius 1 is 1.20 bits per heavy atom. The summed E-state index contributed by atoms with van der Waals surface area (Å²) in [6, 6.07) is 0. The molecular weight excluding hydrogens is 159 g/mol. The molecule has 0 aromatic heterocycles. The van der Waals surface area contributed by atoms with Crippen molar-refractivity contribution in [3.05, 3.63) is 0 Å². The molecule has 30 valence electrons. The summed E-state index contributed by atoms with van der Waals surface area (Å²) in [5.41, 5.74) is 0. The van der Waals surface area contributed by atoms with Crippen molar-refractivity contribution < 1.29 is 0 Å². The van der Waals surface area contributed by atoms with Gasteiger partial charge in [-0.25, -0.2) is 0 Å². The maximum absolute atomic E-state index is 2.74. The fourth-order valence-electron chi connectivity index (χ4n) is 0.0833. The minimum atomic E-state index is 0.454. The summed E-state index contributed by atoms with van der Waals surface area (Å²) in [5, 5.41) is 0. The van der Waals surface area contributed by atoms with E-state index in [9.17, 15) is 0 Å². The van der Waals surface area contributed by atoms with Gasteiger partial charge in [-0.2, -0.15) is 0 Å². The Balaban J connectivity index is 2.19. The van der Waals surface area contributed by atoms with Crippen LogP contribution < -0.4 is 0 Å². The van der Waals surface area contributed by atoms with Crippen LogP contribution in [0.2, 0.25) is 0 Å². The molecule has 0 aromatic rings. The van der Waals surface area contributed by atoms with Crippen LogP contribution in [0.5, 0.6) is 0 Å². The zero-order valence-corrected chi connectivity index (χ0v) is 7.48. The third-order valence-electron chi connectivity index (χ3n) is 0.289. The molecule has 0 N–H and O–H groups in total. The summed E-state index contributed by atoms with van der Waals surface area (Å²) < 4.78 is 0. The Hall–Kier alpha value is 1.40. The predicted octanol–water partition coefficient (Wildman–Crippen LogP) is 0.356. The molecule has 0 saturated carbocycles. The Morgan fingerprint density at radius 2 is 1.60 bits per heavy atom. The summed E-state index contributed by atoms with van der Waals surface area (Å²) >= 11 is 0.454. The molecule has 3 heteroatoms. The van der Waals surface area contributed by atoms with Crippen LogP contribution in [-0.2, 0) is 0 Å². The molecule has 0 nitrogen and oxygen atoms in total. The normalized spacial score (nSPS) is 8.40. The molecule has 0 aliphatic heterocycles. The van der Waals surface area contributed by atoms with Gasteiger partial charge in [-0.1, -0.05) is 0 Å². The molecule has 0 spiro atoms. The van der Waals surface area contributed by atoms with E-state index >= 15 is 0 Å². The van der Waals surface area contributed by atoms with Crippen LogP contribution >= 0.6 is 18.5 Å². The fraction of sp³-hybridized carbons (Fsp3) is 1.00. The van der Waals surface area contributed by atoms with E-state index in [1.807, 2.05) is 0 Å². The second-order valence-electron chi connectivity index (χ2n) is 0.658. The van der Waals surface area contributed by atoms with Crippen LogP contribution in [0, 0.1) is 0 Å². The van der Waals surface area contributed by atoms with Gasteiger partial charge < -0.3 is 0 Å². The first-order valence-corrected chi connectivity index (χ1v) is 6.12. The fourth-order valence-corrected chi connectivity index (χ4v) is 3.90. The standard InChI is InChI=1S/C2H8GeP2/c4-1-3-2-5/h1-2,4-5H2. The van der Waals surface area contributed by atoms with Gasteiger partial charge >= 0.3 is 43.9 Å². The van der Waals surface area contributed by atoms with Crippen molar-refractivity contribution in [2.45, 2.75) is 0 Å². The molecule has 0 aliphatic carbocycles. The number of hydrogen-bond acceptors (Lipinski definition) is 0. The van der Waals surface area contributed by atoms with Gasteiger partial charge in [0.15, 0.2) is 0 Å². The van der Waals surface area contributed by atoms with Crippen molar-refractivity contribution in [3.63, 3.8) is 0 Å². The average Bonchev–Trinajstić information content (AvgIpc) is 1.41. The van der Waals surface area contributed by atoms with Crippen LogP contribution in [0.4, 0.5) is 0 Å². The van der Waals surface area contributed by atoms with Crippen molar-refractivity contribution in [2.24, 2.45) is 0 Å². The first kappa shape index (κ1) is 6.40. The van der Waals surface area contributed by atoms with Gasteiger partial charge in [0.25, 0.3) is 0 Å². The molecule has 0 rings (SSSR count). The van der Waals surface area contributed by atoms with Crippen molar-refractivity contribution in [3.8, 4) is 0 Å². The van der Waals surface area contributed by atoms with Gasteiger partial charge in [-0.05, 0) is 0 Å². The Labute approximate surface area is 44.4 Å². The van der Waals surface area contributed by atoms with E-state index in [1.54, 1.807) is 0 Å². The molecule has 0 saturated heterocycles. The number of rotatable bonds is 2. The summed E-state index contributed by atoms with van der Waals surface area (Å²) in [5.74, 6) is 0. The first-order chi connectivity index (χ1) is 2.41. The van der Waals surface area contributed by atoms with E-state index in [1.165, 1.54) is 9.99 Å². The van der Waals surface area contributed by atoms with Gasteiger partial charge in [0, 0.05) is 0 Å². The Kier molecular flexibility index (Phi) is 6.92. The van der Waals surface area contributed by atoms with Crippen LogP contribution in [0.1, 0.15) is 0 Å². The third-order valence-corrected chi connectivity index (χ3v) is 4.50. The van der Waals surface area contributed by atoms with E-state index in [0.717, 1.165) is 0 Å². The quantitative estimate of drug-likeness (QED) is 0.411. The van der Waals surface area contributed by atoms with Crippen LogP contribution in [0.3, 0.4) is 0 Å². The van der Waals surface area contributed by atoms with Crippen molar-refractivity contribution in [2.75, 3.05) is 9.99 Å². The molecule has 0 fully saturated rings. The van der Waals surface area contributed by atoms with Crippen molar-refractivity contribution in [1.29, 1.82) is 0 Å². The predicted molar refractivity (Wildman–Crippen MR) is 34.9 cm³/mol. The van der Waals surface area contributed by atoms with E-state index in [4.69, 9.17) is 0 Å². The molecular formula is C2H8GeP2. The van der Waals surface area contributed by atoms with Gasteiger partial charge in [0.2, 0.25) is 0 Å². The first-order valence-electron chi connectivity index (χ1n) is 1.52. The second kappa shape index (κ2) is 5.40. The number of hydrogen-bond donors (Lipinski definition) is 0. The van der Waals surface area contributed by atoms with Gasteiger partial charge in [-0.3, -0.25) is 0 Å². The van der Waals surface area contributed by atoms with E-state index in [2.05, 4.69) is 18.5 Å². The molecule has 0 heterocycles. The van der Waals surface area contributed by atoms with Crippen molar-refractivity contribution >= 4 is 33.9 Å². The van der Waals surface area contributed by atoms with Gasteiger partial charge in [0.1, 0.15) is 0 Å². The molecule has 0 aromatic carbocycles. The zero-order valence-electron chi connectivity index (χ0n) is 3.07. The summed E-state index contributed by atoms with van der Waals surface area (Å²) in [6.45, 7) is 0. The van der Waals surface area contributed by atoms with Crippen LogP contribution in [0.15, 0.2) is 0 Å². The molecule has 0 bridgehead atoms. The molecule has 5 heavy (non-hydrogen) atoms. The molecule has 2 unspecified atom stereocenters. The van der Waals surface area contributed by atoms with Crippen LogP contribution in [-0.4, -0.2) is 25.4 Å². The van der Waals surface area contributed by atoms with Crippen LogP contribution in [0.25, 0.3) is 0 Å². The molecule has 0 aliphatic rings. The summed E-state index contributed by atoms with van der Waals surface area (Å²) in [7, 11) is 5.48. The maximum atomic E-state index is 2.74. The summed E-state index contributed by atoms with van der Waals surface area (Å²) in [6.07, 6.45) is 0. The van der Waals surface area contributed by atoms with Gasteiger partial charge in [0.05, 0.1) is 0 Å².